The summed E-state index contributed by atoms with van der Waals surface area (Å²) in [6.07, 6.45) is 3.17. The van der Waals surface area contributed by atoms with Crippen molar-refractivity contribution in [3.05, 3.63) is 0 Å². The highest BCUT2D eigenvalue weighted by Gasteiger charge is 2.56. The fraction of sp³-hybridized carbons (Fsp3) is 0.818. The van der Waals surface area contributed by atoms with Crippen molar-refractivity contribution in [2.24, 2.45) is 11.7 Å². The SMILES string of the molecule is CC(N)C(=O)C12CCCC1CC(C(=O)O)N2. The number of carboxylic acid groups (broad SMARTS) is 1. The highest BCUT2D eigenvalue weighted by Crippen LogP contribution is 2.44. The average Bonchev–Trinajstić information content (AvgIpc) is 2.71. The van der Waals surface area contributed by atoms with Gasteiger partial charge in [-0.3, -0.25) is 14.9 Å². The lowest BCUT2D eigenvalue weighted by Gasteiger charge is -2.30. The third kappa shape index (κ3) is 1.55. The molecule has 16 heavy (non-hydrogen) atoms. The molecule has 0 aromatic heterocycles. The first-order valence-corrected chi connectivity index (χ1v) is 5.78. The minimum Gasteiger partial charge on any atom is -0.480 e. The van der Waals surface area contributed by atoms with Crippen molar-refractivity contribution in [2.45, 2.75) is 50.2 Å². The Balaban J connectivity index is 2.24. The summed E-state index contributed by atoms with van der Waals surface area (Å²) in [5, 5.41) is 12.0. The zero-order chi connectivity index (χ0) is 11.9. The summed E-state index contributed by atoms with van der Waals surface area (Å²) >= 11 is 0. The number of Topliss-reactive ketones (excluding diaryl/α,β-unsaturated/α-hetero) is 1. The first-order chi connectivity index (χ1) is 7.47. The van der Waals surface area contributed by atoms with Crippen LogP contribution in [0.25, 0.3) is 0 Å². The summed E-state index contributed by atoms with van der Waals surface area (Å²) in [7, 11) is 0. The van der Waals surface area contributed by atoms with E-state index in [1.54, 1.807) is 6.92 Å². The lowest BCUT2D eigenvalue weighted by atomic mass is 9.82. The number of nitrogens with one attached hydrogen (secondary N) is 1. The molecule has 5 heteroatoms. The topological polar surface area (TPSA) is 92.4 Å². The fourth-order valence-electron chi connectivity index (χ4n) is 3.21. The van der Waals surface area contributed by atoms with Crippen LogP contribution in [0.1, 0.15) is 32.6 Å². The van der Waals surface area contributed by atoms with E-state index in [-0.39, 0.29) is 11.7 Å². The Morgan fingerprint density at radius 3 is 2.81 bits per heavy atom. The second kappa shape index (κ2) is 3.82. The van der Waals surface area contributed by atoms with Crippen LogP contribution in [0.5, 0.6) is 0 Å². The molecule has 1 aliphatic heterocycles. The third-order valence-corrected chi connectivity index (χ3v) is 3.92. The monoisotopic (exact) mass is 226 g/mol. The molecule has 2 aliphatic rings. The van der Waals surface area contributed by atoms with Crippen LogP contribution < -0.4 is 11.1 Å². The lowest BCUT2D eigenvalue weighted by Crippen LogP contribution is -2.57. The molecule has 2 fully saturated rings. The molecule has 90 valence electrons. The summed E-state index contributed by atoms with van der Waals surface area (Å²) < 4.78 is 0. The normalized spacial score (nSPS) is 39.4. The maximum Gasteiger partial charge on any atom is 0.320 e. The summed E-state index contributed by atoms with van der Waals surface area (Å²) in [6, 6.07) is -1.12. The number of hydrogen-bond donors (Lipinski definition) is 3. The van der Waals surface area contributed by atoms with E-state index >= 15 is 0 Å². The molecule has 0 spiro atoms. The van der Waals surface area contributed by atoms with E-state index in [0.29, 0.717) is 6.42 Å². The highest BCUT2D eigenvalue weighted by atomic mass is 16.4. The van der Waals surface area contributed by atoms with Crippen LogP contribution in [0.4, 0.5) is 0 Å². The number of fused-ring (bicyclic) bond motifs is 1. The van der Waals surface area contributed by atoms with Gasteiger partial charge in [0.2, 0.25) is 0 Å². The van der Waals surface area contributed by atoms with Gasteiger partial charge in [0, 0.05) is 0 Å². The van der Waals surface area contributed by atoms with E-state index in [1.807, 2.05) is 0 Å². The minimum absolute atomic E-state index is 0.0289. The second-order valence-corrected chi connectivity index (χ2v) is 4.98. The molecule has 1 saturated carbocycles. The molecule has 0 aromatic rings. The van der Waals surface area contributed by atoms with Gasteiger partial charge in [0.25, 0.3) is 0 Å². The molecular weight excluding hydrogens is 208 g/mol. The molecule has 1 heterocycles. The number of hydrogen-bond acceptors (Lipinski definition) is 4. The third-order valence-electron chi connectivity index (χ3n) is 3.92. The Morgan fingerprint density at radius 1 is 1.56 bits per heavy atom. The van der Waals surface area contributed by atoms with Crippen molar-refractivity contribution in [2.75, 3.05) is 0 Å². The van der Waals surface area contributed by atoms with Crippen molar-refractivity contribution in [3.63, 3.8) is 0 Å². The Labute approximate surface area is 94.4 Å². The number of carbonyl (C=O) groups excluding carboxylic acids is 1. The van der Waals surface area contributed by atoms with Crippen molar-refractivity contribution in [1.82, 2.24) is 5.32 Å². The number of ketones is 1. The molecular formula is C11H18N2O3. The van der Waals surface area contributed by atoms with Crippen LogP contribution in [0.2, 0.25) is 0 Å². The lowest BCUT2D eigenvalue weighted by molar-refractivity contribution is -0.139. The predicted octanol–water partition coefficient (Wildman–Crippen LogP) is -0.112. The largest absolute Gasteiger partial charge is 0.480 e. The molecule has 4 atom stereocenters. The Hall–Kier alpha value is -0.940. The smallest absolute Gasteiger partial charge is 0.320 e. The zero-order valence-electron chi connectivity index (χ0n) is 9.40. The molecule has 4 unspecified atom stereocenters. The molecule has 1 aliphatic carbocycles. The van der Waals surface area contributed by atoms with Crippen molar-refractivity contribution in [3.8, 4) is 0 Å². The van der Waals surface area contributed by atoms with Crippen molar-refractivity contribution in [1.29, 1.82) is 0 Å². The Morgan fingerprint density at radius 2 is 2.25 bits per heavy atom. The van der Waals surface area contributed by atoms with Gasteiger partial charge in [-0.05, 0) is 32.1 Å². The maximum atomic E-state index is 12.1. The van der Waals surface area contributed by atoms with Gasteiger partial charge in [-0.25, -0.2) is 0 Å². The number of nitrogens with two attached hydrogens (primary N) is 1. The zero-order valence-corrected chi connectivity index (χ0v) is 9.40. The van der Waals surface area contributed by atoms with Gasteiger partial charge in [-0.1, -0.05) is 6.42 Å². The van der Waals surface area contributed by atoms with E-state index in [1.165, 1.54) is 0 Å². The average molecular weight is 226 g/mol. The van der Waals surface area contributed by atoms with Gasteiger partial charge in [0.15, 0.2) is 5.78 Å². The fourth-order valence-corrected chi connectivity index (χ4v) is 3.21. The molecule has 0 amide bonds. The van der Waals surface area contributed by atoms with Crippen molar-refractivity contribution >= 4 is 11.8 Å². The maximum absolute atomic E-state index is 12.1. The van der Waals surface area contributed by atoms with Gasteiger partial charge >= 0.3 is 5.97 Å². The van der Waals surface area contributed by atoms with E-state index in [9.17, 15) is 9.59 Å². The van der Waals surface area contributed by atoms with Crippen molar-refractivity contribution < 1.29 is 14.7 Å². The van der Waals surface area contributed by atoms with Crippen LogP contribution in [-0.4, -0.2) is 34.5 Å². The number of carboxylic acids is 1. The molecule has 5 nitrogen and oxygen atoms in total. The van der Waals surface area contributed by atoms with Gasteiger partial charge in [0.05, 0.1) is 11.6 Å². The van der Waals surface area contributed by atoms with E-state index in [4.69, 9.17) is 10.8 Å². The molecule has 4 N–H and O–H groups in total. The first kappa shape index (κ1) is 11.5. The van der Waals surface area contributed by atoms with Crippen LogP contribution in [0.15, 0.2) is 0 Å². The summed E-state index contributed by atoms with van der Waals surface area (Å²) in [6.45, 7) is 1.67. The Bertz CT molecular complexity index is 329. The summed E-state index contributed by atoms with van der Waals surface area (Å²) in [5.74, 6) is -0.753. The Kier molecular flexibility index (Phi) is 2.75. The molecule has 2 rings (SSSR count). The number of rotatable bonds is 3. The van der Waals surface area contributed by atoms with Crippen LogP contribution in [0, 0.1) is 5.92 Å². The summed E-state index contributed by atoms with van der Waals surface area (Å²) in [5.41, 5.74) is 5.00. The molecule has 1 saturated heterocycles. The first-order valence-electron chi connectivity index (χ1n) is 5.78. The van der Waals surface area contributed by atoms with Gasteiger partial charge in [0.1, 0.15) is 6.04 Å². The van der Waals surface area contributed by atoms with Crippen LogP contribution >= 0.6 is 0 Å². The quantitative estimate of drug-likeness (QED) is 0.624. The molecule has 0 radical (unpaired) electrons. The summed E-state index contributed by atoms with van der Waals surface area (Å²) in [4.78, 5) is 23.1. The van der Waals surface area contributed by atoms with Crippen LogP contribution in [0.3, 0.4) is 0 Å². The predicted molar refractivity (Wildman–Crippen MR) is 57.9 cm³/mol. The molecule has 0 bridgehead atoms. The van der Waals surface area contributed by atoms with E-state index < -0.39 is 23.6 Å². The van der Waals surface area contributed by atoms with Gasteiger partial charge < -0.3 is 10.8 Å². The van der Waals surface area contributed by atoms with Gasteiger partial charge in [-0.15, -0.1) is 0 Å². The minimum atomic E-state index is -0.869. The number of aliphatic carboxylic acids is 1. The highest BCUT2D eigenvalue weighted by molar-refractivity contribution is 5.94. The van der Waals surface area contributed by atoms with Crippen LogP contribution in [-0.2, 0) is 9.59 Å². The van der Waals surface area contributed by atoms with E-state index in [2.05, 4.69) is 5.32 Å². The number of carbonyl (C=O) groups is 2. The van der Waals surface area contributed by atoms with Gasteiger partial charge in [-0.2, -0.15) is 0 Å². The standard InChI is InChI=1S/C11H18N2O3/c1-6(12)9(14)11-4-2-3-7(11)5-8(13-11)10(15)16/h6-8,13H,2-5,12H2,1H3,(H,15,16). The second-order valence-electron chi connectivity index (χ2n) is 4.98. The molecule has 0 aromatic carbocycles. The van der Waals surface area contributed by atoms with E-state index in [0.717, 1.165) is 19.3 Å².